The van der Waals surface area contributed by atoms with Crippen molar-refractivity contribution >= 4 is 18.3 Å². The third-order valence-corrected chi connectivity index (χ3v) is 3.26. The predicted molar refractivity (Wildman–Crippen MR) is 86.5 cm³/mol. The molecule has 1 amide bonds. The molecule has 0 unspecified atom stereocenters. The second-order valence-electron chi connectivity index (χ2n) is 5.27. The number of ether oxygens (including phenoxy) is 2. The maximum atomic E-state index is 11.5. The Morgan fingerprint density at radius 1 is 1.24 bits per heavy atom. The molecule has 1 rings (SSSR count). The molecule has 1 aromatic rings. The highest BCUT2D eigenvalue weighted by Crippen LogP contribution is 2.32. The van der Waals surface area contributed by atoms with Crippen molar-refractivity contribution in [2.75, 3.05) is 27.3 Å². The minimum Gasteiger partial charge on any atom is -0.493 e. The maximum absolute atomic E-state index is 11.5. The number of hydrogen-bond acceptors (Lipinski definition) is 4. The molecule has 0 saturated carbocycles. The number of nitrogens with one attached hydrogen (secondary N) is 1. The quantitative estimate of drug-likeness (QED) is 0.805. The number of carbonyl (C=O) groups excluding carboxylic acids is 1. The molecule has 120 valence electrons. The fourth-order valence-corrected chi connectivity index (χ4v) is 1.90. The highest BCUT2D eigenvalue weighted by atomic mass is 35.5. The second kappa shape index (κ2) is 8.74. The lowest BCUT2D eigenvalue weighted by atomic mass is 9.84. The minimum atomic E-state index is -0.205. The Morgan fingerprint density at radius 3 is 2.38 bits per heavy atom. The lowest BCUT2D eigenvalue weighted by molar-refractivity contribution is -0.121. The largest absolute Gasteiger partial charge is 0.493 e. The van der Waals surface area contributed by atoms with E-state index in [0.29, 0.717) is 31.0 Å². The summed E-state index contributed by atoms with van der Waals surface area (Å²) in [7, 11) is 3.22. The highest BCUT2D eigenvalue weighted by Gasteiger charge is 2.22. The van der Waals surface area contributed by atoms with Crippen LogP contribution >= 0.6 is 12.4 Å². The van der Waals surface area contributed by atoms with E-state index in [2.05, 4.69) is 19.2 Å². The summed E-state index contributed by atoms with van der Waals surface area (Å²) in [6.45, 7) is 5.04. The molecule has 0 aliphatic carbocycles. The third kappa shape index (κ3) is 5.44. The summed E-state index contributed by atoms with van der Waals surface area (Å²) in [5.74, 6) is 1.35. The van der Waals surface area contributed by atoms with E-state index in [0.717, 1.165) is 5.56 Å². The number of methoxy groups -OCH3 is 2. The van der Waals surface area contributed by atoms with Crippen LogP contribution in [-0.2, 0) is 10.2 Å². The van der Waals surface area contributed by atoms with Gasteiger partial charge in [-0.15, -0.1) is 12.4 Å². The van der Waals surface area contributed by atoms with E-state index in [-0.39, 0.29) is 23.7 Å². The number of benzene rings is 1. The van der Waals surface area contributed by atoms with Crippen molar-refractivity contribution in [3.05, 3.63) is 23.8 Å². The van der Waals surface area contributed by atoms with Gasteiger partial charge in [0, 0.05) is 24.9 Å². The Hall–Kier alpha value is -1.46. The molecule has 0 aliphatic heterocycles. The zero-order valence-electron chi connectivity index (χ0n) is 13.1. The molecule has 0 atom stereocenters. The second-order valence-corrected chi connectivity index (χ2v) is 5.27. The standard InChI is InChI=1S/C15H24N2O3.ClH/c1-15(2,10-17-14(18)7-8-16)11-5-6-12(19-3)13(9-11)20-4;/h5-6,9H,7-8,10,16H2,1-4H3,(H,17,18);1H. The molecule has 0 spiro atoms. The zero-order chi connectivity index (χ0) is 15.2. The van der Waals surface area contributed by atoms with Crippen molar-refractivity contribution in [2.45, 2.75) is 25.7 Å². The molecular formula is C15H25ClN2O3. The van der Waals surface area contributed by atoms with Crippen molar-refractivity contribution in [3.63, 3.8) is 0 Å². The Bertz CT molecular complexity index is 464. The van der Waals surface area contributed by atoms with E-state index in [1.54, 1.807) is 14.2 Å². The van der Waals surface area contributed by atoms with E-state index in [1.807, 2.05) is 18.2 Å². The fourth-order valence-electron chi connectivity index (χ4n) is 1.90. The molecular weight excluding hydrogens is 292 g/mol. The first-order valence-electron chi connectivity index (χ1n) is 6.64. The van der Waals surface area contributed by atoms with Crippen LogP contribution in [0.25, 0.3) is 0 Å². The van der Waals surface area contributed by atoms with Crippen LogP contribution < -0.4 is 20.5 Å². The number of hydrogen-bond donors (Lipinski definition) is 2. The summed E-state index contributed by atoms with van der Waals surface area (Å²) in [5.41, 5.74) is 6.23. The maximum Gasteiger partial charge on any atom is 0.221 e. The van der Waals surface area contributed by atoms with Crippen LogP contribution in [0.1, 0.15) is 25.8 Å². The van der Waals surface area contributed by atoms with Crippen LogP contribution in [0.15, 0.2) is 18.2 Å². The first kappa shape index (κ1) is 19.5. The van der Waals surface area contributed by atoms with E-state index in [4.69, 9.17) is 15.2 Å². The Labute approximate surface area is 132 Å². The molecule has 21 heavy (non-hydrogen) atoms. The van der Waals surface area contributed by atoms with Gasteiger partial charge in [0.1, 0.15) is 0 Å². The van der Waals surface area contributed by atoms with Crippen LogP contribution in [0.4, 0.5) is 0 Å². The van der Waals surface area contributed by atoms with Crippen LogP contribution in [0, 0.1) is 0 Å². The molecule has 5 nitrogen and oxygen atoms in total. The van der Waals surface area contributed by atoms with Gasteiger partial charge in [0.25, 0.3) is 0 Å². The number of nitrogens with two attached hydrogens (primary N) is 1. The Kier molecular flexibility index (Phi) is 8.14. The lowest BCUT2D eigenvalue weighted by Gasteiger charge is -2.26. The van der Waals surface area contributed by atoms with E-state index in [1.165, 1.54) is 0 Å². The molecule has 0 heterocycles. The van der Waals surface area contributed by atoms with E-state index >= 15 is 0 Å². The van der Waals surface area contributed by atoms with Gasteiger partial charge in [0.05, 0.1) is 14.2 Å². The average Bonchev–Trinajstić information content (AvgIpc) is 2.44. The van der Waals surface area contributed by atoms with E-state index < -0.39 is 0 Å². The van der Waals surface area contributed by atoms with Crippen LogP contribution in [0.3, 0.4) is 0 Å². The van der Waals surface area contributed by atoms with Gasteiger partial charge in [-0.1, -0.05) is 19.9 Å². The highest BCUT2D eigenvalue weighted by molar-refractivity contribution is 5.85. The third-order valence-electron chi connectivity index (χ3n) is 3.26. The summed E-state index contributed by atoms with van der Waals surface area (Å²) >= 11 is 0. The van der Waals surface area contributed by atoms with Gasteiger partial charge in [-0.25, -0.2) is 0 Å². The number of carbonyl (C=O) groups is 1. The molecule has 0 saturated heterocycles. The first-order chi connectivity index (χ1) is 9.44. The van der Waals surface area contributed by atoms with Gasteiger partial charge >= 0.3 is 0 Å². The van der Waals surface area contributed by atoms with Crippen LogP contribution in [0.5, 0.6) is 11.5 Å². The molecule has 0 aromatic heterocycles. The summed E-state index contributed by atoms with van der Waals surface area (Å²) in [4.78, 5) is 11.5. The summed E-state index contributed by atoms with van der Waals surface area (Å²) in [5, 5.41) is 2.90. The monoisotopic (exact) mass is 316 g/mol. The number of halogens is 1. The van der Waals surface area contributed by atoms with Gasteiger partial charge in [-0.3, -0.25) is 4.79 Å². The summed E-state index contributed by atoms with van der Waals surface area (Å²) in [6.07, 6.45) is 0.349. The Balaban J connectivity index is 0.00000400. The number of amides is 1. The normalized spacial score (nSPS) is 10.5. The van der Waals surface area contributed by atoms with Crippen LogP contribution in [-0.4, -0.2) is 33.2 Å². The summed E-state index contributed by atoms with van der Waals surface area (Å²) in [6, 6.07) is 5.79. The first-order valence-corrected chi connectivity index (χ1v) is 6.64. The average molecular weight is 317 g/mol. The van der Waals surface area contributed by atoms with Crippen molar-refractivity contribution in [1.29, 1.82) is 0 Å². The van der Waals surface area contributed by atoms with Gasteiger partial charge < -0.3 is 20.5 Å². The van der Waals surface area contributed by atoms with Crippen molar-refractivity contribution in [3.8, 4) is 11.5 Å². The molecule has 0 radical (unpaired) electrons. The van der Waals surface area contributed by atoms with E-state index in [9.17, 15) is 4.79 Å². The molecule has 3 N–H and O–H groups in total. The van der Waals surface area contributed by atoms with Gasteiger partial charge in [0.15, 0.2) is 11.5 Å². The smallest absolute Gasteiger partial charge is 0.221 e. The lowest BCUT2D eigenvalue weighted by Crippen LogP contribution is -2.37. The van der Waals surface area contributed by atoms with Gasteiger partial charge in [-0.2, -0.15) is 0 Å². The number of rotatable bonds is 7. The van der Waals surface area contributed by atoms with Gasteiger partial charge in [0.2, 0.25) is 5.91 Å². The Morgan fingerprint density at radius 2 is 1.86 bits per heavy atom. The van der Waals surface area contributed by atoms with Gasteiger partial charge in [-0.05, 0) is 17.7 Å². The molecule has 0 fully saturated rings. The topological polar surface area (TPSA) is 73.6 Å². The van der Waals surface area contributed by atoms with Crippen molar-refractivity contribution in [2.24, 2.45) is 5.73 Å². The molecule has 6 heteroatoms. The minimum absolute atomic E-state index is 0. The van der Waals surface area contributed by atoms with Crippen molar-refractivity contribution < 1.29 is 14.3 Å². The van der Waals surface area contributed by atoms with Crippen LogP contribution in [0.2, 0.25) is 0 Å². The summed E-state index contributed by atoms with van der Waals surface area (Å²) < 4.78 is 10.5. The molecule has 0 aliphatic rings. The predicted octanol–water partition coefficient (Wildman–Crippen LogP) is 1.87. The SMILES string of the molecule is COc1ccc(C(C)(C)CNC(=O)CCN)cc1OC.Cl. The fraction of sp³-hybridized carbons (Fsp3) is 0.533. The van der Waals surface area contributed by atoms with Crippen molar-refractivity contribution in [1.82, 2.24) is 5.32 Å². The zero-order valence-corrected chi connectivity index (χ0v) is 13.9. The molecule has 1 aromatic carbocycles. The molecule has 0 bridgehead atoms.